The van der Waals surface area contributed by atoms with Crippen molar-refractivity contribution in [2.75, 3.05) is 33.7 Å². The van der Waals surface area contributed by atoms with Crippen LogP contribution in [0, 0.1) is 11.2 Å². The first-order valence-electron chi connectivity index (χ1n) is 8.87. The Morgan fingerprint density at radius 1 is 1.38 bits per heavy atom. The van der Waals surface area contributed by atoms with Crippen molar-refractivity contribution in [3.05, 3.63) is 34.6 Å². The van der Waals surface area contributed by atoms with E-state index in [0.29, 0.717) is 38.9 Å². The molecule has 2 heterocycles. The van der Waals surface area contributed by atoms with Gasteiger partial charge in [-0.15, -0.1) is 0 Å². The zero-order valence-electron chi connectivity index (χ0n) is 15.1. The van der Waals surface area contributed by atoms with Gasteiger partial charge < -0.3 is 14.5 Å². The van der Waals surface area contributed by atoms with Gasteiger partial charge in [-0.3, -0.25) is 9.59 Å². The molecule has 26 heavy (non-hydrogen) atoms. The Morgan fingerprint density at radius 2 is 2.08 bits per heavy atom. The second-order valence-corrected chi connectivity index (χ2v) is 7.94. The maximum atomic E-state index is 13.9. The number of nitrogens with zero attached hydrogens (tertiary/aromatic N) is 2. The van der Waals surface area contributed by atoms with Gasteiger partial charge in [-0.1, -0.05) is 17.7 Å². The van der Waals surface area contributed by atoms with Gasteiger partial charge in [-0.2, -0.15) is 0 Å². The van der Waals surface area contributed by atoms with Crippen LogP contribution in [0.5, 0.6) is 0 Å². The van der Waals surface area contributed by atoms with Crippen LogP contribution in [0.4, 0.5) is 4.39 Å². The van der Waals surface area contributed by atoms with E-state index < -0.39 is 11.2 Å². The first kappa shape index (κ1) is 19.1. The molecule has 0 saturated carbocycles. The number of carbonyl (C=O) groups is 2. The summed E-state index contributed by atoms with van der Waals surface area (Å²) in [5.41, 5.74) is -0.251. The topological polar surface area (TPSA) is 49.9 Å². The minimum Gasteiger partial charge on any atom is -0.461 e. The molecule has 1 atom stereocenters. The van der Waals surface area contributed by atoms with Crippen LogP contribution >= 0.6 is 11.6 Å². The fourth-order valence-electron chi connectivity index (χ4n) is 3.90. The highest BCUT2D eigenvalue weighted by Crippen LogP contribution is 2.43. The number of likely N-dealkylation sites (tertiary alicyclic amines) is 1. The van der Waals surface area contributed by atoms with Crippen LogP contribution in [0.1, 0.15) is 24.8 Å². The summed E-state index contributed by atoms with van der Waals surface area (Å²) in [6.07, 6.45) is 1.73. The number of hydrogen-bond donors (Lipinski definition) is 0. The first-order valence-corrected chi connectivity index (χ1v) is 9.25. The van der Waals surface area contributed by atoms with E-state index in [4.69, 9.17) is 16.3 Å². The Labute approximate surface area is 158 Å². The SMILES string of the molecule is CN(C)CC1CC2(CCN(C(=O)Cc3c(F)cccc3Cl)CC2)C(=O)O1. The highest BCUT2D eigenvalue weighted by atomic mass is 35.5. The maximum Gasteiger partial charge on any atom is 0.312 e. The molecule has 2 aliphatic rings. The molecule has 5 nitrogen and oxygen atoms in total. The largest absolute Gasteiger partial charge is 0.461 e. The summed E-state index contributed by atoms with van der Waals surface area (Å²) >= 11 is 6.01. The van der Waals surface area contributed by atoms with Crippen molar-refractivity contribution in [1.82, 2.24) is 9.80 Å². The molecule has 0 N–H and O–H groups in total. The highest BCUT2D eigenvalue weighted by Gasteiger charge is 2.50. The lowest BCUT2D eigenvalue weighted by Gasteiger charge is -2.36. The van der Waals surface area contributed by atoms with Gasteiger partial charge in [0.15, 0.2) is 0 Å². The van der Waals surface area contributed by atoms with Crippen molar-refractivity contribution < 1.29 is 18.7 Å². The van der Waals surface area contributed by atoms with Gasteiger partial charge in [0.1, 0.15) is 11.9 Å². The number of likely N-dealkylation sites (N-methyl/N-ethyl adjacent to an activating group) is 1. The standard InChI is InChI=1S/C19H24ClFN2O3/c1-22(2)12-13-11-19(18(25)26-13)6-8-23(9-7-19)17(24)10-14-15(20)4-3-5-16(14)21/h3-5,13H,6-12H2,1-2H3. The molecule has 2 fully saturated rings. The Bertz CT molecular complexity index is 682. The molecule has 1 amide bonds. The molecule has 1 aromatic carbocycles. The second-order valence-electron chi connectivity index (χ2n) is 7.53. The molecule has 3 rings (SSSR count). The predicted octanol–water partition coefficient (Wildman–Crippen LogP) is 2.51. The van der Waals surface area contributed by atoms with Crippen LogP contribution in [0.3, 0.4) is 0 Å². The Morgan fingerprint density at radius 3 is 2.69 bits per heavy atom. The number of benzene rings is 1. The van der Waals surface area contributed by atoms with Gasteiger partial charge >= 0.3 is 5.97 Å². The number of cyclic esters (lactones) is 1. The number of halogens is 2. The molecule has 0 aromatic heterocycles. The molecule has 142 valence electrons. The third kappa shape index (κ3) is 3.86. The minimum atomic E-state index is -0.479. The first-order chi connectivity index (χ1) is 12.3. The Hall–Kier alpha value is -1.66. The van der Waals surface area contributed by atoms with Crippen molar-refractivity contribution in [1.29, 1.82) is 0 Å². The summed E-state index contributed by atoms with van der Waals surface area (Å²) < 4.78 is 19.4. The number of esters is 1. The van der Waals surface area contributed by atoms with E-state index in [2.05, 4.69) is 0 Å². The van der Waals surface area contributed by atoms with E-state index in [-0.39, 0.29) is 35.0 Å². The van der Waals surface area contributed by atoms with Crippen LogP contribution in [0.15, 0.2) is 18.2 Å². The summed E-state index contributed by atoms with van der Waals surface area (Å²) in [4.78, 5) is 28.6. The average molecular weight is 383 g/mol. The molecule has 0 radical (unpaired) electrons. The Kier molecular flexibility index (Phi) is 5.53. The van der Waals surface area contributed by atoms with E-state index >= 15 is 0 Å². The molecule has 1 unspecified atom stereocenters. The summed E-state index contributed by atoms with van der Waals surface area (Å²) in [7, 11) is 3.90. The summed E-state index contributed by atoms with van der Waals surface area (Å²) in [5.74, 6) is -0.776. The van der Waals surface area contributed by atoms with Gasteiger partial charge in [-0.25, -0.2) is 4.39 Å². The quantitative estimate of drug-likeness (QED) is 0.751. The zero-order chi connectivity index (χ0) is 18.9. The number of amides is 1. The monoisotopic (exact) mass is 382 g/mol. The van der Waals surface area contributed by atoms with Crippen LogP contribution in [-0.4, -0.2) is 61.5 Å². The summed E-state index contributed by atoms with van der Waals surface area (Å²) in [6.45, 7) is 1.67. The second kappa shape index (κ2) is 7.53. The number of carbonyl (C=O) groups excluding carboxylic acids is 2. The number of hydrogen-bond acceptors (Lipinski definition) is 4. The normalized spacial score (nSPS) is 22.1. The number of ether oxygens (including phenoxy) is 1. The summed E-state index contributed by atoms with van der Waals surface area (Å²) in [5, 5.41) is 0.262. The van der Waals surface area contributed by atoms with Crippen molar-refractivity contribution >= 4 is 23.5 Å². The fourth-order valence-corrected chi connectivity index (χ4v) is 4.13. The fraction of sp³-hybridized carbons (Fsp3) is 0.579. The molecule has 7 heteroatoms. The van der Waals surface area contributed by atoms with Gasteiger partial charge in [-0.05, 0) is 39.1 Å². The van der Waals surface area contributed by atoms with Crippen LogP contribution in [0.2, 0.25) is 5.02 Å². The number of piperidine rings is 1. The van der Waals surface area contributed by atoms with Crippen molar-refractivity contribution in [2.45, 2.75) is 31.8 Å². The maximum absolute atomic E-state index is 13.9. The highest BCUT2D eigenvalue weighted by molar-refractivity contribution is 6.31. The average Bonchev–Trinajstić information content (AvgIpc) is 2.86. The van der Waals surface area contributed by atoms with Crippen molar-refractivity contribution in [3.8, 4) is 0 Å². The van der Waals surface area contributed by atoms with Gasteiger partial charge in [0.05, 0.1) is 11.8 Å². The molecule has 0 aliphatic carbocycles. The lowest BCUT2D eigenvalue weighted by atomic mass is 9.76. The minimum absolute atomic E-state index is 0.0633. The summed E-state index contributed by atoms with van der Waals surface area (Å²) in [6, 6.07) is 4.41. The van der Waals surface area contributed by atoms with Crippen LogP contribution < -0.4 is 0 Å². The van der Waals surface area contributed by atoms with Gasteiger partial charge in [0.2, 0.25) is 5.91 Å². The van der Waals surface area contributed by atoms with E-state index in [9.17, 15) is 14.0 Å². The van der Waals surface area contributed by atoms with Crippen molar-refractivity contribution in [3.63, 3.8) is 0 Å². The van der Waals surface area contributed by atoms with Crippen LogP contribution in [-0.2, 0) is 20.7 Å². The molecule has 2 aliphatic heterocycles. The third-order valence-corrected chi connectivity index (χ3v) is 5.71. The molecular formula is C19H24ClFN2O3. The van der Waals surface area contributed by atoms with Gasteiger partial charge in [0.25, 0.3) is 0 Å². The number of rotatable bonds is 4. The third-order valence-electron chi connectivity index (χ3n) is 5.36. The van der Waals surface area contributed by atoms with E-state index in [0.717, 1.165) is 0 Å². The van der Waals surface area contributed by atoms with Crippen LogP contribution in [0.25, 0.3) is 0 Å². The van der Waals surface area contributed by atoms with E-state index in [1.54, 1.807) is 11.0 Å². The molecule has 0 bridgehead atoms. The van der Waals surface area contributed by atoms with Crippen molar-refractivity contribution in [2.24, 2.45) is 5.41 Å². The molecule has 2 saturated heterocycles. The predicted molar refractivity (Wildman–Crippen MR) is 96.4 cm³/mol. The van der Waals surface area contributed by atoms with Gasteiger partial charge in [0, 0.05) is 36.6 Å². The molecule has 1 spiro atoms. The lowest BCUT2D eigenvalue weighted by Crippen LogP contribution is -2.45. The van der Waals surface area contributed by atoms with E-state index in [1.807, 2.05) is 19.0 Å². The Balaban J connectivity index is 1.60. The lowest BCUT2D eigenvalue weighted by molar-refractivity contribution is -0.152. The van der Waals surface area contributed by atoms with E-state index in [1.165, 1.54) is 12.1 Å². The zero-order valence-corrected chi connectivity index (χ0v) is 15.9. The smallest absolute Gasteiger partial charge is 0.312 e. The molecule has 1 aromatic rings. The molecular weight excluding hydrogens is 359 g/mol.